The molecule has 0 aliphatic carbocycles. The highest BCUT2D eigenvalue weighted by Crippen LogP contribution is 2.20. The van der Waals surface area contributed by atoms with Gasteiger partial charge in [-0.05, 0) is 12.5 Å². The van der Waals surface area contributed by atoms with Gasteiger partial charge in [0.15, 0.2) is 0 Å². The zero-order valence-corrected chi connectivity index (χ0v) is 12.1. The van der Waals surface area contributed by atoms with Crippen LogP contribution in [0.15, 0.2) is 30.7 Å². The maximum Gasteiger partial charge on any atom is 0.404 e. The molecule has 116 valence electrons. The van der Waals surface area contributed by atoms with E-state index in [1.54, 1.807) is 18.3 Å². The van der Waals surface area contributed by atoms with Gasteiger partial charge in [-0.1, -0.05) is 0 Å². The van der Waals surface area contributed by atoms with Crippen molar-refractivity contribution >= 4 is 6.09 Å². The lowest BCUT2D eigenvalue weighted by atomic mass is 9.99. The molecule has 22 heavy (non-hydrogen) atoms. The molecule has 7 heteroatoms. The average Bonchev–Trinajstić information content (AvgIpc) is 2.99. The van der Waals surface area contributed by atoms with Gasteiger partial charge in [0.2, 0.25) is 5.88 Å². The largest absolute Gasteiger partial charge is 0.477 e. The highest BCUT2D eigenvalue weighted by Gasteiger charge is 2.19. The lowest BCUT2D eigenvalue weighted by molar-refractivity contribution is 0.150. The fourth-order valence-corrected chi connectivity index (χ4v) is 2.50. The highest BCUT2D eigenvalue weighted by atomic mass is 16.5. The molecule has 1 aliphatic heterocycles. The number of ether oxygens (including phenoxy) is 2. The smallest absolute Gasteiger partial charge is 0.404 e. The quantitative estimate of drug-likeness (QED) is 0.904. The number of nitrogens with two attached hydrogens (primary N) is 1. The Morgan fingerprint density at radius 1 is 1.41 bits per heavy atom. The second kappa shape index (κ2) is 6.46. The molecule has 0 fully saturated rings. The van der Waals surface area contributed by atoms with Gasteiger partial charge in [-0.15, -0.1) is 0 Å². The number of nitrogens with zero attached hydrogens (tertiary/aromatic N) is 3. The molecular formula is C15H18N4O3. The summed E-state index contributed by atoms with van der Waals surface area (Å²) in [4.78, 5) is 19.1. The molecule has 1 aliphatic rings. The van der Waals surface area contributed by atoms with E-state index in [0.717, 1.165) is 30.8 Å². The summed E-state index contributed by atoms with van der Waals surface area (Å²) < 4.78 is 12.6. The summed E-state index contributed by atoms with van der Waals surface area (Å²) in [5.74, 6) is 2.14. The van der Waals surface area contributed by atoms with Crippen LogP contribution in [-0.4, -0.2) is 27.2 Å². The SMILES string of the molecule is NC(=O)OCc1ccc(OCC2CCn3ccnc3C2)nc1. The van der Waals surface area contributed by atoms with Crippen molar-refractivity contribution in [3.8, 4) is 5.88 Å². The Kier molecular flexibility index (Phi) is 4.22. The molecule has 0 radical (unpaired) electrons. The standard InChI is InChI=1S/C15H18N4O3/c16-15(20)22-10-12-1-2-14(18-8-12)21-9-11-3-5-19-6-4-17-13(19)7-11/h1-2,4,6,8,11H,3,5,7,9-10H2,(H2,16,20). The first-order chi connectivity index (χ1) is 10.7. The van der Waals surface area contributed by atoms with E-state index >= 15 is 0 Å². The van der Waals surface area contributed by atoms with Crippen LogP contribution in [0.2, 0.25) is 0 Å². The van der Waals surface area contributed by atoms with Gasteiger partial charge < -0.3 is 19.8 Å². The topological polar surface area (TPSA) is 92.3 Å². The molecule has 0 aromatic carbocycles. The van der Waals surface area contributed by atoms with Crippen molar-refractivity contribution < 1.29 is 14.3 Å². The molecule has 1 atom stereocenters. The first-order valence-electron chi connectivity index (χ1n) is 7.20. The van der Waals surface area contributed by atoms with Crippen LogP contribution in [-0.2, 0) is 24.3 Å². The minimum atomic E-state index is -0.795. The van der Waals surface area contributed by atoms with Crippen LogP contribution in [0.5, 0.6) is 5.88 Å². The van der Waals surface area contributed by atoms with Crippen molar-refractivity contribution in [2.75, 3.05) is 6.61 Å². The van der Waals surface area contributed by atoms with Crippen LogP contribution in [0.4, 0.5) is 4.79 Å². The molecule has 7 nitrogen and oxygen atoms in total. The van der Waals surface area contributed by atoms with E-state index in [2.05, 4.69) is 14.5 Å². The Bertz CT molecular complexity index is 638. The zero-order chi connectivity index (χ0) is 15.4. The first kappa shape index (κ1) is 14.4. The molecule has 0 saturated carbocycles. The number of imidazole rings is 1. The number of primary amides is 1. The number of amides is 1. The number of carbonyl (C=O) groups is 1. The summed E-state index contributed by atoms with van der Waals surface area (Å²) in [5, 5.41) is 0. The monoisotopic (exact) mass is 302 g/mol. The number of rotatable bonds is 5. The minimum absolute atomic E-state index is 0.119. The van der Waals surface area contributed by atoms with Crippen molar-refractivity contribution in [3.05, 3.63) is 42.1 Å². The Morgan fingerprint density at radius 2 is 2.32 bits per heavy atom. The van der Waals surface area contributed by atoms with Gasteiger partial charge in [0.1, 0.15) is 12.4 Å². The summed E-state index contributed by atoms with van der Waals surface area (Å²) in [6, 6.07) is 3.57. The second-order valence-corrected chi connectivity index (χ2v) is 5.32. The van der Waals surface area contributed by atoms with Gasteiger partial charge in [-0.25, -0.2) is 14.8 Å². The fraction of sp³-hybridized carbons (Fsp3) is 0.400. The third kappa shape index (κ3) is 3.55. The predicted octanol–water partition coefficient (Wildman–Crippen LogP) is 1.51. The third-order valence-electron chi connectivity index (χ3n) is 3.70. The molecule has 0 bridgehead atoms. The molecule has 0 saturated heterocycles. The molecule has 3 heterocycles. The van der Waals surface area contributed by atoms with Crippen LogP contribution < -0.4 is 10.5 Å². The van der Waals surface area contributed by atoms with Crippen LogP contribution >= 0.6 is 0 Å². The van der Waals surface area contributed by atoms with Gasteiger partial charge in [0.05, 0.1) is 6.61 Å². The molecule has 2 aromatic rings. The Labute approximate surface area is 128 Å². The van der Waals surface area contributed by atoms with Gasteiger partial charge >= 0.3 is 6.09 Å². The summed E-state index contributed by atoms with van der Waals surface area (Å²) in [5.41, 5.74) is 5.68. The van der Waals surface area contributed by atoms with Crippen LogP contribution in [0.3, 0.4) is 0 Å². The van der Waals surface area contributed by atoms with Crippen LogP contribution in [0.25, 0.3) is 0 Å². The third-order valence-corrected chi connectivity index (χ3v) is 3.70. The van der Waals surface area contributed by atoms with E-state index in [-0.39, 0.29) is 6.61 Å². The van der Waals surface area contributed by atoms with Crippen molar-refractivity contribution in [1.29, 1.82) is 0 Å². The molecule has 1 amide bonds. The number of hydrogen-bond donors (Lipinski definition) is 1. The maximum atomic E-state index is 10.5. The second-order valence-electron chi connectivity index (χ2n) is 5.32. The highest BCUT2D eigenvalue weighted by molar-refractivity contribution is 5.64. The fourth-order valence-electron chi connectivity index (χ4n) is 2.50. The molecule has 1 unspecified atom stereocenters. The summed E-state index contributed by atoms with van der Waals surface area (Å²) in [6.07, 6.45) is 6.68. The minimum Gasteiger partial charge on any atom is -0.477 e. The number of carbonyl (C=O) groups excluding carboxylic acids is 1. The predicted molar refractivity (Wildman–Crippen MR) is 78.1 cm³/mol. The Morgan fingerprint density at radius 3 is 3.09 bits per heavy atom. The first-order valence-corrected chi connectivity index (χ1v) is 7.20. The average molecular weight is 302 g/mol. The summed E-state index contributed by atoms with van der Waals surface area (Å²) in [7, 11) is 0. The van der Waals surface area contributed by atoms with E-state index in [0.29, 0.717) is 18.4 Å². The number of hydrogen-bond acceptors (Lipinski definition) is 5. The van der Waals surface area contributed by atoms with E-state index in [1.165, 1.54) is 0 Å². The van der Waals surface area contributed by atoms with Gasteiger partial charge in [0, 0.05) is 49.1 Å². The lowest BCUT2D eigenvalue weighted by Crippen LogP contribution is -2.24. The van der Waals surface area contributed by atoms with Gasteiger partial charge in [-0.2, -0.15) is 0 Å². The number of fused-ring (bicyclic) bond motifs is 1. The van der Waals surface area contributed by atoms with Crippen molar-refractivity contribution in [1.82, 2.24) is 14.5 Å². The number of pyridine rings is 1. The van der Waals surface area contributed by atoms with Crippen LogP contribution in [0.1, 0.15) is 17.8 Å². The van der Waals surface area contributed by atoms with Gasteiger partial charge in [-0.3, -0.25) is 0 Å². The van der Waals surface area contributed by atoms with Crippen molar-refractivity contribution in [2.24, 2.45) is 11.7 Å². The van der Waals surface area contributed by atoms with E-state index < -0.39 is 6.09 Å². The van der Waals surface area contributed by atoms with E-state index in [4.69, 9.17) is 15.2 Å². The number of aromatic nitrogens is 3. The zero-order valence-electron chi connectivity index (χ0n) is 12.1. The van der Waals surface area contributed by atoms with E-state index in [9.17, 15) is 4.79 Å². The van der Waals surface area contributed by atoms with E-state index in [1.807, 2.05) is 12.4 Å². The summed E-state index contributed by atoms with van der Waals surface area (Å²) >= 11 is 0. The van der Waals surface area contributed by atoms with Gasteiger partial charge in [0.25, 0.3) is 0 Å². The Balaban J connectivity index is 1.49. The van der Waals surface area contributed by atoms with Crippen molar-refractivity contribution in [3.63, 3.8) is 0 Å². The molecule has 2 N–H and O–H groups in total. The Hall–Kier alpha value is -2.57. The summed E-state index contributed by atoms with van der Waals surface area (Å²) in [6.45, 7) is 1.73. The molecule has 2 aromatic heterocycles. The lowest BCUT2D eigenvalue weighted by Gasteiger charge is -2.23. The number of aryl methyl sites for hydroxylation is 1. The maximum absolute atomic E-state index is 10.5. The van der Waals surface area contributed by atoms with Crippen LogP contribution in [0, 0.1) is 5.92 Å². The normalized spacial score (nSPS) is 16.8. The van der Waals surface area contributed by atoms with Crippen molar-refractivity contribution in [2.45, 2.75) is 26.0 Å². The molecule has 3 rings (SSSR count). The molecular weight excluding hydrogens is 284 g/mol. The molecule has 0 spiro atoms.